The molecule has 0 saturated carbocycles. The lowest BCUT2D eigenvalue weighted by Gasteiger charge is -2.36. The van der Waals surface area contributed by atoms with Crippen LogP contribution in [0.5, 0.6) is 5.75 Å². The summed E-state index contributed by atoms with van der Waals surface area (Å²) in [6.07, 6.45) is 4.59. The number of aliphatic hydroxyl groups is 1. The Kier molecular flexibility index (Phi) is 5.11. The number of methoxy groups -OCH3 is 1. The maximum absolute atomic E-state index is 13.0. The minimum Gasteiger partial charge on any atom is -0.497 e. The van der Waals surface area contributed by atoms with Crippen LogP contribution in [-0.2, 0) is 6.61 Å². The van der Waals surface area contributed by atoms with Gasteiger partial charge in [0.25, 0.3) is 5.91 Å². The SMILES string of the molecule is COc1cccc([C@@H]2CCCCN2C(=O)c2cc(CO)ccn2)c1. The number of carbonyl (C=O) groups excluding carboxylic acids is 1. The Bertz CT molecular complexity index is 717. The van der Waals surface area contributed by atoms with Crippen LogP contribution < -0.4 is 4.74 Å². The van der Waals surface area contributed by atoms with E-state index in [1.54, 1.807) is 25.4 Å². The van der Waals surface area contributed by atoms with Crippen molar-refractivity contribution in [2.24, 2.45) is 0 Å². The van der Waals surface area contributed by atoms with Crippen molar-refractivity contribution in [3.05, 3.63) is 59.4 Å². The van der Waals surface area contributed by atoms with Gasteiger partial charge in [-0.05, 0) is 54.7 Å². The van der Waals surface area contributed by atoms with Crippen molar-refractivity contribution in [2.45, 2.75) is 31.9 Å². The molecular weight excluding hydrogens is 304 g/mol. The second kappa shape index (κ2) is 7.45. The van der Waals surface area contributed by atoms with Gasteiger partial charge in [-0.3, -0.25) is 9.78 Å². The maximum atomic E-state index is 13.0. The monoisotopic (exact) mass is 326 g/mol. The quantitative estimate of drug-likeness (QED) is 0.938. The van der Waals surface area contributed by atoms with E-state index in [-0.39, 0.29) is 18.6 Å². The zero-order valence-electron chi connectivity index (χ0n) is 13.8. The normalized spacial score (nSPS) is 17.6. The van der Waals surface area contributed by atoms with E-state index in [4.69, 9.17) is 4.74 Å². The maximum Gasteiger partial charge on any atom is 0.272 e. The van der Waals surface area contributed by atoms with Gasteiger partial charge in [-0.25, -0.2) is 0 Å². The summed E-state index contributed by atoms with van der Waals surface area (Å²) in [5, 5.41) is 9.28. The first-order valence-corrected chi connectivity index (χ1v) is 8.23. The molecule has 3 rings (SSSR count). The van der Waals surface area contributed by atoms with Crippen LogP contribution in [0.3, 0.4) is 0 Å². The molecule has 1 fully saturated rings. The van der Waals surface area contributed by atoms with Gasteiger partial charge in [-0.2, -0.15) is 0 Å². The van der Waals surface area contributed by atoms with E-state index in [1.165, 1.54) is 0 Å². The molecular formula is C19H22N2O3. The first-order valence-electron chi connectivity index (χ1n) is 8.23. The van der Waals surface area contributed by atoms with Crippen molar-refractivity contribution in [3.63, 3.8) is 0 Å². The lowest BCUT2D eigenvalue weighted by Crippen LogP contribution is -2.39. The Hall–Kier alpha value is -2.40. The number of hydrogen-bond donors (Lipinski definition) is 1. The number of likely N-dealkylation sites (tertiary alicyclic amines) is 1. The van der Waals surface area contributed by atoms with Crippen LogP contribution in [0.25, 0.3) is 0 Å². The van der Waals surface area contributed by atoms with Gasteiger partial charge in [-0.15, -0.1) is 0 Å². The number of pyridine rings is 1. The fraction of sp³-hybridized carbons (Fsp3) is 0.368. The summed E-state index contributed by atoms with van der Waals surface area (Å²) in [5.41, 5.74) is 2.17. The first-order chi connectivity index (χ1) is 11.7. The summed E-state index contributed by atoms with van der Waals surface area (Å²) in [6, 6.07) is 11.3. The van der Waals surface area contributed by atoms with Crippen LogP contribution in [0.2, 0.25) is 0 Å². The van der Waals surface area contributed by atoms with E-state index in [2.05, 4.69) is 4.98 Å². The number of rotatable bonds is 4. The van der Waals surface area contributed by atoms with E-state index in [0.717, 1.165) is 30.6 Å². The van der Waals surface area contributed by atoms with Crippen LogP contribution in [0.1, 0.15) is 46.9 Å². The molecule has 0 aliphatic carbocycles. The van der Waals surface area contributed by atoms with Gasteiger partial charge < -0.3 is 14.7 Å². The fourth-order valence-corrected chi connectivity index (χ4v) is 3.21. The highest BCUT2D eigenvalue weighted by atomic mass is 16.5. The lowest BCUT2D eigenvalue weighted by atomic mass is 9.94. The minimum absolute atomic E-state index is 0.0286. The second-order valence-corrected chi connectivity index (χ2v) is 5.99. The molecule has 2 aromatic rings. The third-order valence-corrected chi connectivity index (χ3v) is 4.47. The predicted molar refractivity (Wildman–Crippen MR) is 90.8 cm³/mol. The molecule has 24 heavy (non-hydrogen) atoms. The topological polar surface area (TPSA) is 62.7 Å². The second-order valence-electron chi connectivity index (χ2n) is 5.99. The van der Waals surface area contributed by atoms with Gasteiger partial charge >= 0.3 is 0 Å². The summed E-state index contributed by atoms with van der Waals surface area (Å²) in [5.74, 6) is 0.712. The summed E-state index contributed by atoms with van der Waals surface area (Å²) in [6.45, 7) is 0.619. The smallest absolute Gasteiger partial charge is 0.272 e. The third-order valence-electron chi connectivity index (χ3n) is 4.47. The number of aromatic nitrogens is 1. The summed E-state index contributed by atoms with van der Waals surface area (Å²) in [4.78, 5) is 19.0. The van der Waals surface area contributed by atoms with E-state index in [9.17, 15) is 9.90 Å². The highest BCUT2D eigenvalue weighted by Crippen LogP contribution is 2.33. The molecule has 1 amide bonds. The van der Waals surface area contributed by atoms with Crippen molar-refractivity contribution < 1.29 is 14.6 Å². The minimum atomic E-state index is -0.0951. The average molecular weight is 326 g/mol. The molecule has 1 N–H and O–H groups in total. The zero-order chi connectivity index (χ0) is 16.9. The largest absolute Gasteiger partial charge is 0.497 e. The Morgan fingerprint density at radius 3 is 3.00 bits per heavy atom. The molecule has 1 saturated heterocycles. The highest BCUT2D eigenvalue weighted by molar-refractivity contribution is 5.92. The van der Waals surface area contributed by atoms with Gasteiger partial charge in [0.2, 0.25) is 0 Å². The predicted octanol–water partition coefficient (Wildman–Crippen LogP) is 2.95. The van der Waals surface area contributed by atoms with Gasteiger partial charge in [0.15, 0.2) is 0 Å². The number of ether oxygens (including phenoxy) is 1. The van der Waals surface area contributed by atoms with Crippen molar-refractivity contribution >= 4 is 5.91 Å². The molecule has 0 radical (unpaired) electrons. The van der Waals surface area contributed by atoms with E-state index in [0.29, 0.717) is 17.8 Å². The molecule has 0 unspecified atom stereocenters. The number of benzene rings is 1. The van der Waals surface area contributed by atoms with Gasteiger partial charge in [0.05, 0.1) is 19.8 Å². The number of piperidine rings is 1. The molecule has 126 valence electrons. The Labute approximate surface area is 141 Å². The molecule has 1 aliphatic rings. The molecule has 2 heterocycles. The fourth-order valence-electron chi connectivity index (χ4n) is 3.21. The third kappa shape index (κ3) is 3.41. The van der Waals surface area contributed by atoms with Gasteiger partial charge in [0.1, 0.15) is 11.4 Å². The van der Waals surface area contributed by atoms with E-state index < -0.39 is 0 Å². The standard InChI is InChI=1S/C19H22N2O3/c1-24-16-6-4-5-15(12-16)18-7-2-3-10-21(18)19(23)17-11-14(13-22)8-9-20-17/h4-6,8-9,11-12,18,22H,2-3,7,10,13H2,1H3/t18-/m0/s1. The molecule has 0 spiro atoms. The number of carbonyl (C=O) groups is 1. The van der Waals surface area contributed by atoms with Gasteiger partial charge in [-0.1, -0.05) is 12.1 Å². The van der Waals surface area contributed by atoms with Crippen molar-refractivity contribution in [1.82, 2.24) is 9.88 Å². The Balaban J connectivity index is 1.89. The van der Waals surface area contributed by atoms with Crippen LogP contribution in [0, 0.1) is 0 Å². The molecule has 5 nitrogen and oxygen atoms in total. The lowest BCUT2D eigenvalue weighted by molar-refractivity contribution is 0.0605. The Morgan fingerprint density at radius 1 is 1.33 bits per heavy atom. The van der Waals surface area contributed by atoms with Crippen LogP contribution in [-0.4, -0.2) is 34.6 Å². The zero-order valence-corrected chi connectivity index (χ0v) is 13.8. The number of nitrogens with zero attached hydrogens (tertiary/aromatic N) is 2. The first kappa shape index (κ1) is 16.5. The average Bonchev–Trinajstić information content (AvgIpc) is 2.67. The molecule has 5 heteroatoms. The van der Waals surface area contributed by atoms with Crippen molar-refractivity contribution in [2.75, 3.05) is 13.7 Å². The highest BCUT2D eigenvalue weighted by Gasteiger charge is 2.29. The van der Waals surface area contributed by atoms with Gasteiger partial charge in [0, 0.05) is 12.7 Å². The molecule has 0 bridgehead atoms. The van der Waals surface area contributed by atoms with Crippen molar-refractivity contribution in [3.8, 4) is 5.75 Å². The molecule has 1 aromatic carbocycles. The summed E-state index contributed by atoms with van der Waals surface area (Å²) < 4.78 is 5.31. The number of aliphatic hydroxyl groups excluding tert-OH is 1. The molecule has 1 aliphatic heterocycles. The summed E-state index contributed by atoms with van der Waals surface area (Å²) >= 11 is 0. The van der Waals surface area contributed by atoms with E-state index >= 15 is 0 Å². The Morgan fingerprint density at radius 2 is 2.21 bits per heavy atom. The van der Waals surface area contributed by atoms with Crippen LogP contribution in [0.15, 0.2) is 42.6 Å². The van der Waals surface area contributed by atoms with E-state index in [1.807, 2.05) is 29.2 Å². The number of hydrogen-bond acceptors (Lipinski definition) is 4. The molecule has 1 aromatic heterocycles. The van der Waals surface area contributed by atoms with Crippen LogP contribution in [0.4, 0.5) is 0 Å². The number of amides is 1. The summed E-state index contributed by atoms with van der Waals surface area (Å²) in [7, 11) is 1.65. The van der Waals surface area contributed by atoms with Crippen LogP contribution >= 0.6 is 0 Å². The molecule has 1 atom stereocenters. The van der Waals surface area contributed by atoms with Crippen molar-refractivity contribution in [1.29, 1.82) is 0 Å².